The van der Waals surface area contributed by atoms with Crippen LogP contribution in [-0.2, 0) is 6.42 Å². The number of aryl methyl sites for hydroxylation is 1. The highest BCUT2D eigenvalue weighted by Crippen LogP contribution is 2.25. The summed E-state index contributed by atoms with van der Waals surface area (Å²) >= 11 is 0. The van der Waals surface area contributed by atoms with Crippen LogP contribution >= 0.6 is 0 Å². The minimum Gasteiger partial charge on any atom is -0.490 e. The molecule has 1 unspecified atom stereocenters. The molecule has 0 saturated carbocycles. The molecule has 1 fully saturated rings. The molecule has 22 heavy (non-hydrogen) atoms. The molecule has 0 amide bonds. The SMILES string of the molecule is CCc1cccc(-c2cncc(OCC3CCN3CC)c2)c1. The van der Waals surface area contributed by atoms with Gasteiger partial charge >= 0.3 is 0 Å². The smallest absolute Gasteiger partial charge is 0.138 e. The van der Waals surface area contributed by atoms with Gasteiger partial charge in [-0.25, -0.2) is 0 Å². The van der Waals surface area contributed by atoms with Crippen LogP contribution in [0.25, 0.3) is 11.1 Å². The van der Waals surface area contributed by atoms with Crippen LogP contribution in [0.3, 0.4) is 0 Å². The Hall–Kier alpha value is -1.87. The highest BCUT2D eigenvalue weighted by molar-refractivity contribution is 5.64. The molecule has 1 atom stereocenters. The summed E-state index contributed by atoms with van der Waals surface area (Å²) < 4.78 is 5.96. The number of likely N-dealkylation sites (N-methyl/N-ethyl adjacent to an activating group) is 1. The van der Waals surface area contributed by atoms with Crippen LogP contribution in [0.2, 0.25) is 0 Å². The number of pyridine rings is 1. The number of aromatic nitrogens is 1. The van der Waals surface area contributed by atoms with Crippen LogP contribution in [0.4, 0.5) is 0 Å². The minimum atomic E-state index is 0.567. The van der Waals surface area contributed by atoms with Crippen molar-refractivity contribution in [3.8, 4) is 16.9 Å². The van der Waals surface area contributed by atoms with Crippen molar-refractivity contribution in [2.24, 2.45) is 0 Å². The van der Waals surface area contributed by atoms with E-state index in [4.69, 9.17) is 4.74 Å². The maximum atomic E-state index is 5.96. The number of hydrogen-bond acceptors (Lipinski definition) is 3. The average Bonchev–Trinajstić information content (AvgIpc) is 2.55. The van der Waals surface area contributed by atoms with Crippen LogP contribution < -0.4 is 4.74 Å². The van der Waals surface area contributed by atoms with Gasteiger partial charge in [0.2, 0.25) is 0 Å². The predicted octanol–water partition coefficient (Wildman–Crippen LogP) is 3.78. The normalized spacial score (nSPS) is 18.0. The first kappa shape index (κ1) is 15.0. The number of likely N-dealkylation sites (tertiary alicyclic amines) is 1. The van der Waals surface area contributed by atoms with Gasteiger partial charge in [-0.15, -0.1) is 0 Å². The Morgan fingerprint density at radius 1 is 1.18 bits per heavy atom. The van der Waals surface area contributed by atoms with Gasteiger partial charge in [-0.05, 0) is 36.6 Å². The Bertz CT molecular complexity index is 624. The van der Waals surface area contributed by atoms with Crippen molar-refractivity contribution in [2.75, 3.05) is 19.7 Å². The van der Waals surface area contributed by atoms with Gasteiger partial charge in [0.25, 0.3) is 0 Å². The topological polar surface area (TPSA) is 25.4 Å². The van der Waals surface area contributed by atoms with Crippen molar-refractivity contribution in [1.82, 2.24) is 9.88 Å². The first-order chi connectivity index (χ1) is 10.8. The lowest BCUT2D eigenvalue weighted by molar-refractivity contribution is 0.0560. The van der Waals surface area contributed by atoms with E-state index in [0.29, 0.717) is 6.04 Å². The fraction of sp³-hybridized carbons (Fsp3) is 0.421. The van der Waals surface area contributed by atoms with Gasteiger partial charge in [0.05, 0.1) is 6.20 Å². The molecule has 1 saturated heterocycles. The molecule has 2 heterocycles. The first-order valence-corrected chi connectivity index (χ1v) is 8.21. The molecule has 1 aliphatic rings. The second-order valence-corrected chi connectivity index (χ2v) is 5.85. The summed E-state index contributed by atoms with van der Waals surface area (Å²) in [6, 6.07) is 11.3. The lowest BCUT2D eigenvalue weighted by Crippen LogP contribution is -2.50. The second kappa shape index (κ2) is 6.93. The van der Waals surface area contributed by atoms with Crippen molar-refractivity contribution >= 4 is 0 Å². The lowest BCUT2D eigenvalue weighted by atomic mass is 10.0. The largest absolute Gasteiger partial charge is 0.490 e. The van der Waals surface area contributed by atoms with Gasteiger partial charge in [0, 0.05) is 24.3 Å². The van der Waals surface area contributed by atoms with Gasteiger partial charge in [-0.1, -0.05) is 38.1 Å². The summed E-state index contributed by atoms with van der Waals surface area (Å²) in [6.45, 7) is 7.45. The maximum Gasteiger partial charge on any atom is 0.138 e. The van der Waals surface area contributed by atoms with E-state index in [-0.39, 0.29) is 0 Å². The Labute approximate surface area is 132 Å². The number of hydrogen-bond donors (Lipinski definition) is 0. The number of rotatable bonds is 6. The molecule has 1 aliphatic heterocycles. The monoisotopic (exact) mass is 296 g/mol. The Kier molecular flexibility index (Phi) is 4.74. The molecule has 0 spiro atoms. The Morgan fingerprint density at radius 3 is 2.82 bits per heavy atom. The third kappa shape index (κ3) is 3.30. The van der Waals surface area contributed by atoms with Crippen molar-refractivity contribution in [3.05, 3.63) is 48.3 Å². The van der Waals surface area contributed by atoms with Crippen LogP contribution in [0.5, 0.6) is 5.75 Å². The molecule has 3 heteroatoms. The van der Waals surface area contributed by atoms with E-state index in [0.717, 1.165) is 30.9 Å². The zero-order valence-corrected chi connectivity index (χ0v) is 13.5. The molecule has 116 valence electrons. The van der Waals surface area contributed by atoms with Crippen LogP contribution in [0, 0.1) is 0 Å². The van der Waals surface area contributed by atoms with Crippen molar-refractivity contribution in [1.29, 1.82) is 0 Å². The Morgan fingerprint density at radius 2 is 2.09 bits per heavy atom. The summed E-state index contributed by atoms with van der Waals surface area (Å²) in [4.78, 5) is 6.79. The standard InChI is InChI=1S/C19H24N2O/c1-3-15-6-5-7-16(10-15)17-11-19(13-20-12-17)22-14-18-8-9-21(18)4-2/h5-7,10-13,18H,3-4,8-9,14H2,1-2H3. The maximum absolute atomic E-state index is 5.96. The molecule has 0 N–H and O–H groups in total. The van der Waals surface area contributed by atoms with Gasteiger partial charge in [0.15, 0.2) is 0 Å². The third-order valence-corrected chi connectivity index (χ3v) is 4.50. The summed E-state index contributed by atoms with van der Waals surface area (Å²) in [5.74, 6) is 0.863. The van der Waals surface area contributed by atoms with E-state index in [2.05, 4.69) is 54.1 Å². The van der Waals surface area contributed by atoms with Crippen LogP contribution in [0.15, 0.2) is 42.7 Å². The lowest BCUT2D eigenvalue weighted by Gasteiger charge is -2.39. The third-order valence-electron chi connectivity index (χ3n) is 4.50. The predicted molar refractivity (Wildman–Crippen MR) is 90.2 cm³/mol. The fourth-order valence-corrected chi connectivity index (χ4v) is 2.92. The first-order valence-electron chi connectivity index (χ1n) is 8.21. The molecule has 3 nitrogen and oxygen atoms in total. The van der Waals surface area contributed by atoms with Crippen LogP contribution in [0.1, 0.15) is 25.8 Å². The summed E-state index contributed by atoms with van der Waals surface area (Å²) in [6.07, 6.45) is 6.00. The zero-order chi connectivity index (χ0) is 15.4. The van der Waals surface area contributed by atoms with E-state index in [1.54, 1.807) is 0 Å². The molecule has 0 radical (unpaired) electrons. The van der Waals surface area contributed by atoms with E-state index >= 15 is 0 Å². The van der Waals surface area contributed by atoms with Crippen LogP contribution in [-0.4, -0.2) is 35.6 Å². The minimum absolute atomic E-state index is 0.567. The summed E-state index contributed by atoms with van der Waals surface area (Å²) in [7, 11) is 0. The summed E-state index contributed by atoms with van der Waals surface area (Å²) in [5, 5.41) is 0. The molecular weight excluding hydrogens is 272 g/mol. The summed E-state index contributed by atoms with van der Waals surface area (Å²) in [5.41, 5.74) is 3.67. The van der Waals surface area contributed by atoms with Crippen molar-refractivity contribution < 1.29 is 4.74 Å². The molecule has 0 bridgehead atoms. The molecular formula is C19H24N2O. The average molecular weight is 296 g/mol. The van der Waals surface area contributed by atoms with Gasteiger partial charge in [-0.2, -0.15) is 0 Å². The van der Waals surface area contributed by atoms with Crippen molar-refractivity contribution in [3.63, 3.8) is 0 Å². The second-order valence-electron chi connectivity index (χ2n) is 5.85. The van der Waals surface area contributed by atoms with Crippen molar-refractivity contribution in [2.45, 2.75) is 32.7 Å². The number of benzene rings is 1. The van der Waals surface area contributed by atoms with E-state index in [1.165, 1.54) is 24.1 Å². The number of ether oxygens (including phenoxy) is 1. The van der Waals surface area contributed by atoms with Gasteiger partial charge < -0.3 is 4.74 Å². The highest BCUT2D eigenvalue weighted by atomic mass is 16.5. The Balaban J connectivity index is 1.69. The fourth-order valence-electron chi connectivity index (χ4n) is 2.92. The zero-order valence-electron chi connectivity index (χ0n) is 13.5. The van der Waals surface area contributed by atoms with Gasteiger partial charge in [-0.3, -0.25) is 9.88 Å². The molecule has 0 aliphatic carbocycles. The van der Waals surface area contributed by atoms with E-state index < -0.39 is 0 Å². The van der Waals surface area contributed by atoms with Gasteiger partial charge in [0.1, 0.15) is 12.4 Å². The molecule has 1 aromatic heterocycles. The highest BCUT2D eigenvalue weighted by Gasteiger charge is 2.26. The quantitative estimate of drug-likeness (QED) is 0.811. The van der Waals surface area contributed by atoms with E-state index in [9.17, 15) is 0 Å². The number of nitrogens with zero attached hydrogens (tertiary/aromatic N) is 2. The molecule has 2 aromatic rings. The molecule has 3 rings (SSSR count). The molecule has 1 aromatic carbocycles. The van der Waals surface area contributed by atoms with E-state index in [1.807, 2.05) is 12.4 Å².